The third-order valence-electron chi connectivity index (χ3n) is 6.82. The van der Waals surface area contributed by atoms with Gasteiger partial charge in [-0.1, -0.05) is 60.7 Å². The van der Waals surface area contributed by atoms with Gasteiger partial charge in [0.25, 0.3) is 5.91 Å². The maximum absolute atomic E-state index is 13.3. The molecule has 2 aromatic carbocycles. The Morgan fingerprint density at radius 3 is 2.22 bits per heavy atom. The molecule has 1 aliphatic carbocycles. The van der Waals surface area contributed by atoms with Crippen molar-refractivity contribution in [2.45, 2.75) is 71.3 Å². The van der Waals surface area contributed by atoms with Crippen molar-refractivity contribution in [2.24, 2.45) is 5.41 Å². The quantitative estimate of drug-likeness (QED) is 0.303. The van der Waals surface area contributed by atoms with E-state index in [9.17, 15) is 14.4 Å². The summed E-state index contributed by atoms with van der Waals surface area (Å²) in [6.07, 6.45) is 7.37. The molecule has 1 fully saturated rings. The van der Waals surface area contributed by atoms with Crippen LogP contribution in [0.15, 0.2) is 42.5 Å². The summed E-state index contributed by atoms with van der Waals surface area (Å²) in [6, 6.07) is 12.5. The van der Waals surface area contributed by atoms with E-state index >= 15 is 0 Å². The molecule has 0 radical (unpaired) electrons. The Morgan fingerprint density at radius 1 is 0.972 bits per heavy atom. The van der Waals surface area contributed by atoms with Gasteiger partial charge in [-0.3, -0.25) is 14.4 Å². The third-order valence-corrected chi connectivity index (χ3v) is 7.45. The van der Waals surface area contributed by atoms with Gasteiger partial charge in [0.15, 0.2) is 0 Å². The first kappa shape index (κ1) is 28.0. The number of halogens is 2. The molecule has 1 aliphatic rings. The van der Waals surface area contributed by atoms with E-state index < -0.39 is 0 Å². The lowest BCUT2D eigenvalue weighted by atomic mass is 9.79. The molecule has 36 heavy (non-hydrogen) atoms. The molecule has 3 N–H and O–H groups in total. The van der Waals surface area contributed by atoms with Crippen molar-refractivity contribution in [2.75, 3.05) is 11.9 Å². The number of nitrogens with one attached hydrogen (secondary N) is 3. The van der Waals surface area contributed by atoms with Crippen LogP contribution in [-0.2, 0) is 16.0 Å². The molecule has 0 saturated heterocycles. The molecule has 1 atom stereocenters. The number of carbonyl (C=O) groups excluding carboxylic acids is 3. The summed E-state index contributed by atoms with van der Waals surface area (Å²) in [5, 5.41) is 9.50. The molecule has 0 spiro atoms. The van der Waals surface area contributed by atoms with Crippen molar-refractivity contribution < 1.29 is 14.4 Å². The number of carbonyl (C=O) groups is 3. The zero-order valence-corrected chi connectivity index (χ0v) is 22.5. The first-order valence-corrected chi connectivity index (χ1v) is 13.4. The summed E-state index contributed by atoms with van der Waals surface area (Å²) in [5.74, 6) is -0.233. The van der Waals surface area contributed by atoms with Gasteiger partial charge in [0.2, 0.25) is 11.8 Å². The van der Waals surface area contributed by atoms with Crippen LogP contribution in [0.25, 0.3) is 0 Å². The molecule has 1 saturated carbocycles. The molecule has 3 rings (SSSR count). The number of benzene rings is 2. The van der Waals surface area contributed by atoms with E-state index in [1.54, 1.807) is 18.2 Å². The molecule has 0 heterocycles. The lowest BCUT2D eigenvalue weighted by molar-refractivity contribution is -0.132. The van der Waals surface area contributed by atoms with Crippen LogP contribution in [-0.4, -0.2) is 30.3 Å². The van der Waals surface area contributed by atoms with Gasteiger partial charge in [-0.2, -0.15) is 0 Å². The zero-order valence-electron chi connectivity index (χ0n) is 21.0. The number of rotatable bonds is 11. The summed E-state index contributed by atoms with van der Waals surface area (Å²) in [7, 11) is 0. The van der Waals surface area contributed by atoms with Crippen molar-refractivity contribution in [3.63, 3.8) is 0 Å². The molecule has 6 nitrogen and oxygen atoms in total. The lowest BCUT2D eigenvalue weighted by Gasteiger charge is -2.29. The summed E-state index contributed by atoms with van der Waals surface area (Å²) in [6.45, 7) is 4.20. The van der Waals surface area contributed by atoms with E-state index in [0.717, 1.165) is 50.5 Å². The second kappa shape index (κ2) is 13.1. The number of amides is 3. The summed E-state index contributed by atoms with van der Waals surface area (Å²) >= 11 is 12.3. The van der Waals surface area contributed by atoms with Gasteiger partial charge in [-0.05, 0) is 68.9 Å². The maximum atomic E-state index is 13.3. The molecule has 0 bridgehead atoms. The highest BCUT2D eigenvalue weighted by Crippen LogP contribution is 2.42. The smallest absolute Gasteiger partial charge is 0.258 e. The minimum Gasteiger partial charge on any atom is -0.356 e. The van der Waals surface area contributed by atoms with E-state index in [4.69, 9.17) is 23.2 Å². The van der Waals surface area contributed by atoms with Crippen LogP contribution >= 0.6 is 23.2 Å². The van der Waals surface area contributed by atoms with Crippen LogP contribution in [0.4, 0.5) is 5.69 Å². The van der Waals surface area contributed by atoms with Crippen molar-refractivity contribution >= 4 is 46.6 Å². The largest absolute Gasteiger partial charge is 0.356 e. The van der Waals surface area contributed by atoms with E-state index in [-0.39, 0.29) is 34.7 Å². The molecule has 3 amide bonds. The van der Waals surface area contributed by atoms with Gasteiger partial charge in [0.05, 0.1) is 15.6 Å². The topological polar surface area (TPSA) is 87.3 Å². The standard InChI is InChI=1S/C28H35Cl2N3O3/c1-19(32-27(36)28(14-3-4-15-28)16-5-6-17-31-20(2)34)18-21-10-12-22(13-11-21)33-26(35)25-23(29)8-7-9-24(25)30/h7-13,19H,3-6,14-18H2,1-2H3,(H,31,34)(H,32,36)(H,33,35). The number of anilines is 1. The molecular weight excluding hydrogens is 497 g/mol. The normalized spacial score (nSPS) is 15.2. The van der Waals surface area contributed by atoms with Gasteiger partial charge in [0, 0.05) is 30.6 Å². The predicted molar refractivity (Wildman–Crippen MR) is 146 cm³/mol. The Balaban J connectivity index is 1.52. The first-order chi connectivity index (χ1) is 17.2. The van der Waals surface area contributed by atoms with E-state index in [1.807, 2.05) is 31.2 Å². The fourth-order valence-electron chi connectivity index (χ4n) is 4.91. The molecule has 194 valence electrons. The number of unbranched alkanes of at least 4 members (excludes halogenated alkanes) is 1. The Hall–Kier alpha value is -2.57. The van der Waals surface area contributed by atoms with E-state index in [2.05, 4.69) is 16.0 Å². The average molecular weight is 533 g/mol. The van der Waals surface area contributed by atoms with Crippen LogP contribution < -0.4 is 16.0 Å². The van der Waals surface area contributed by atoms with Crippen LogP contribution in [0.3, 0.4) is 0 Å². The monoisotopic (exact) mass is 531 g/mol. The molecule has 2 aromatic rings. The minimum atomic E-state index is -0.363. The average Bonchev–Trinajstić information content (AvgIpc) is 3.30. The molecule has 1 unspecified atom stereocenters. The van der Waals surface area contributed by atoms with Crippen LogP contribution in [0, 0.1) is 5.41 Å². The van der Waals surface area contributed by atoms with Gasteiger partial charge in [-0.25, -0.2) is 0 Å². The Kier molecular flexibility index (Phi) is 10.2. The Morgan fingerprint density at radius 2 is 1.61 bits per heavy atom. The molecule has 8 heteroatoms. The van der Waals surface area contributed by atoms with E-state index in [1.165, 1.54) is 6.92 Å². The highest BCUT2D eigenvalue weighted by Gasteiger charge is 2.40. The van der Waals surface area contributed by atoms with E-state index in [0.29, 0.717) is 28.7 Å². The fraction of sp³-hybridized carbons (Fsp3) is 0.464. The molecule has 0 aliphatic heterocycles. The van der Waals surface area contributed by atoms with Crippen molar-refractivity contribution in [1.29, 1.82) is 0 Å². The third kappa shape index (κ3) is 7.71. The van der Waals surface area contributed by atoms with Crippen molar-refractivity contribution in [1.82, 2.24) is 10.6 Å². The maximum Gasteiger partial charge on any atom is 0.258 e. The SMILES string of the molecule is CC(=O)NCCCCC1(C(=O)NC(C)Cc2ccc(NC(=O)c3c(Cl)cccc3Cl)cc2)CCCC1. The fourth-order valence-corrected chi connectivity index (χ4v) is 5.48. The minimum absolute atomic E-state index is 0.0162. The highest BCUT2D eigenvalue weighted by atomic mass is 35.5. The summed E-state index contributed by atoms with van der Waals surface area (Å²) in [5.41, 5.74) is 1.66. The molecular formula is C28H35Cl2N3O3. The van der Waals surface area contributed by atoms with Crippen LogP contribution in [0.5, 0.6) is 0 Å². The lowest BCUT2D eigenvalue weighted by Crippen LogP contribution is -2.44. The predicted octanol–water partition coefficient (Wildman–Crippen LogP) is 6.16. The summed E-state index contributed by atoms with van der Waals surface area (Å²) < 4.78 is 0. The summed E-state index contributed by atoms with van der Waals surface area (Å²) in [4.78, 5) is 36.9. The van der Waals surface area contributed by atoms with Gasteiger partial charge < -0.3 is 16.0 Å². The van der Waals surface area contributed by atoms with Crippen LogP contribution in [0.2, 0.25) is 10.0 Å². The number of hydrogen-bond acceptors (Lipinski definition) is 3. The van der Waals surface area contributed by atoms with Crippen molar-refractivity contribution in [3.8, 4) is 0 Å². The Labute approximate surface area is 223 Å². The van der Waals surface area contributed by atoms with Gasteiger partial charge in [0.1, 0.15) is 0 Å². The first-order valence-electron chi connectivity index (χ1n) is 12.6. The zero-order chi connectivity index (χ0) is 26.1. The number of hydrogen-bond donors (Lipinski definition) is 3. The van der Waals surface area contributed by atoms with Crippen molar-refractivity contribution in [3.05, 3.63) is 63.6 Å². The second-order valence-electron chi connectivity index (χ2n) is 9.75. The van der Waals surface area contributed by atoms with Gasteiger partial charge in [-0.15, -0.1) is 0 Å². The second-order valence-corrected chi connectivity index (χ2v) is 10.6. The highest BCUT2D eigenvalue weighted by molar-refractivity contribution is 6.40. The molecule has 0 aromatic heterocycles. The Bertz CT molecular complexity index is 1050. The van der Waals surface area contributed by atoms with Crippen LogP contribution in [0.1, 0.15) is 74.7 Å². The van der Waals surface area contributed by atoms with Gasteiger partial charge >= 0.3 is 0 Å².